The maximum absolute atomic E-state index is 8.97. The molecule has 5 aromatic rings. The minimum atomic E-state index is 0.361. The number of fused-ring (bicyclic) bond motifs is 5. The average molecular weight is 451 g/mol. The molecule has 0 aliphatic heterocycles. The lowest BCUT2D eigenvalue weighted by Gasteiger charge is -2.12. The zero-order valence-corrected chi connectivity index (χ0v) is 19.8. The molecule has 4 aromatic carbocycles. The van der Waals surface area contributed by atoms with Crippen molar-refractivity contribution in [2.24, 2.45) is 0 Å². The van der Waals surface area contributed by atoms with E-state index in [1.54, 1.807) is 0 Å². The summed E-state index contributed by atoms with van der Waals surface area (Å²) in [5, 5.41) is 13.7. The molecule has 5 rings (SSSR count). The summed E-state index contributed by atoms with van der Waals surface area (Å²) in [5.41, 5.74) is 7.61. The second kappa shape index (κ2) is 9.33. The minimum Gasteiger partial charge on any atom is -0.309 e. The van der Waals surface area contributed by atoms with Gasteiger partial charge in [0, 0.05) is 16.5 Å². The van der Waals surface area contributed by atoms with Crippen LogP contribution in [0.15, 0.2) is 104 Å². The highest BCUT2D eigenvalue weighted by molar-refractivity contribution is 6.25. The number of nitriles is 1. The van der Waals surface area contributed by atoms with Gasteiger partial charge in [-0.05, 0) is 64.2 Å². The van der Waals surface area contributed by atoms with Gasteiger partial charge >= 0.3 is 0 Å². The second-order valence-electron chi connectivity index (χ2n) is 8.49. The van der Waals surface area contributed by atoms with Gasteiger partial charge in [0.1, 0.15) is 0 Å². The molecule has 0 aliphatic rings. The third-order valence-corrected chi connectivity index (χ3v) is 6.45. The summed E-state index contributed by atoms with van der Waals surface area (Å²) in [4.78, 5) is 0. The summed E-state index contributed by atoms with van der Waals surface area (Å²) in [6.07, 6.45) is 10.4. The maximum Gasteiger partial charge on any atom is 0.0663 e. The van der Waals surface area contributed by atoms with Gasteiger partial charge < -0.3 is 4.57 Å². The molecule has 0 saturated heterocycles. The monoisotopic (exact) mass is 450 g/mol. The Morgan fingerprint density at radius 3 is 2.40 bits per heavy atom. The number of hydrogen-bond acceptors (Lipinski definition) is 1. The molecule has 2 nitrogen and oxygen atoms in total. The molecule has 1 aromatic heterocycles. The lowest BCUT2D eigenvalue weighted by molar-refractivity contribution is 1.18. The summed E-state index contributed by atoms with van der Waals surface area (Å²) < 4.78 is 2.33. The Morgan fingerprint density at radius 1 is 0.943 bits per heavy atom. The van der Waals surface area contributed by atoms with Crippen LogP contribution in [0.1, 0.15) is 30.0 Å². The topological polar surface area (TPSA) is 28.7 Å². The molecular weight excluding hydrogens is 424 g/mol. The number of aromatic nitrogens is 1. The zero-order valence-electron chi connectivity index (χ0n) is 19.8. The van der Waals surface area contributed by atoms with E-state index in [-0.39, 0.29) is 0 Å². The van der Waals surface area contributed by atoms with Crippen LogP contribution < -0.4 is 0 Å². The van der Waals surface area contributed by atoms with E-state index in [0.29, 0.717) is 6.42 Å². The highest BCUT2D eigenvalue weighted by Crippen LogP contribution is 2.42. The van der Waals surface area contributed by atoms with Crippen LogP contribution in [0.25, 0.3) is 56.0 Å². The Bertz CT molecular complexity index is 1700. The van der Waals surface area contributed by atoms with E-state index >= 15 is 0 Å². The first-order chi connectivity index (χ1) is 17.2. The molecule has 0 amide bonds. The van der Waals surface area contributed by atoms with Crippen molar-refractivity contribution in [1.82, 2.24) is 4.57 Å². The van der Waals surface area contributed by atoms with Crippen LogP contribution in [-0.4, -0.2) is 4.57 Å². The first kappa shape index (κ1) is 22.2. The van der Waals surface area contributed by atoms with E-state index in [1.807, 2.05) is 31.2 Å². The molecule has 35 heavy (non-hydrogen) atoms. The Morgan fingerprint density at radius 2 is 1.69 bits per heavy atom. The van der Waals surface area contributed by atoms with Gasteiger partial charge in [0.15, 0.2) is 0 Å². The minimum absolute atomic E-state index is 0.361. The number of rotatable bonds is 6. The molecule has 0 bridgehead atoms. The van der Waals surface area contributed by atoms with Crippen LogP contribution >= 0.6 is 0 Å². The van der Waals surface area contributed by atoms with Crippen LogP contribution in [0.2, 0.25) is 0 Å². The molecule has 0 fully saturated rings. The first-order valence-corrected chi connectivity index (χ1v) is 11.8. The second-order valence-corrected chi connectivity index (χ2v) is 8.49. The number of nitrogens with zero attached hydrogens (tertiary/aromatic N) is 2. The number of hydrogen-bond donors (Lipinski definition) is 0. The number of allylic oxidation sites excluding steroid dienone is 4. The van der Waals surface area contributed by atoms with Crippen LogP contribution in [0, 0.1) is 11.3 Å². The molecule has 0 spiro atoms. The van der Waals surface area contributed by atoms with E-state index in [2.05, 4.69) is 103 Å². The van der Waals surface area contributed by atoms with Gasteiger partial charge in [-0.3, -0.25) is 0 Å². The SMILES string of the molecule is C=Cc1c(/C=C\C)ccc2c1c1c3ccccc3c(C(=C)/C=C\CC#N)cc1n2-c1ccccc1. The van der Waals surface area contributed by atoms with Crippen molar-refractivity contribution in [3.05, 3.63) is 121 Å². The zero-order chi connectivity index (χ0) is 24.4. The predicted octanol–water partition coefficient (Wildman–Crippen LogP) is 9.10. The van der Waals surface area contributed by atoms with E-state index in [1.165, 1.54) is 16.2 Å². The molecular formula is C33H26N2. The van der Waals surface area contributed by atoms with Crippen molar-refractivity contribution in [2.45, 2.75) is 13.3 Å². The predicted molar refractivity (Wildman–Crippen MR) is 151 cm³/mol. The molecule has 0 N–H and O–H groups in total. The number of benzene rings is 4. The van der Waals surface area contributed by atoms with Gasteiger partial charge in [-0.15, -0.1) is 0 Å². The Balaban J connectivity index is 2.01. The van der Waals surface area contributed by atoms with Crippen LogP contribution in [0.3, 0.4) is 0 Å². The van der Waals surface area contributed by atoms with Crippen molar-refractivity contribution < 1.29 is 0 Å². The van der Waals surface area contributed by atoms with Gasteiger partial charge in [0.2, 0.25) is 0 Å². The maximum atomic E-state index is 8.97. The molecule has 168 valence electrons. The molecule has 0 saturated carbocycles. The van der Waals surface area contributed by atoms with Gasteiger partial charge in [0.05, 0.1) is 23.5 Å². The van der Waals surface area contributed by atoms with Crippen molar-refractivity contribution in [3.63, 3.8) is 0 Å². The molecule has 0 radical (unpaired) electrons. The lowest BCUT2D eigenvalue weighted by atomic mass is 9.93. The van der Waals surface area contributed by atoms with Crippen molar-refractivity contribution in [2.75, 3.05) is 0 Å². The van der Waals surface area contributed by atoms with E-state index in [4.69, 9.17) is 5.26 Å². The Kier molecular flexibility index (Phi) is 5.92. The van der Waals surface area contributed by atoms with Crippen molar-refractivity contribution >= 4 is 50.3 Å². The van der Waals surface area contributed by atoms with Gasteiger partial charge in [-0.25, -0.2) is 0 Å². The first-order valence-electron chi connectivity index (χ1n) is 11.8. The summed E-state index contributed by atoms with van der Waals surface area (Å²) in [7, 11) is 0. The van der Waals surface area contributed by atoms with Crippen LogP contribution in [0.4, 0.5) is 0 Å². The standard InChI is InChI=1S/C33H26N2/c1-4-13-24-19-20-30-32(26(24)5-2)33-28-18-10-9-17-27(28)29(23(3)14-11-12-21-34)22-31(33)35(30)25-15-7-6-8-16-25/h4-11,13-20,22H,2-3,12H2,1H3/b13-4-,14-11-. The number of para-hydroxylation sites is 1. The molecule has 2 heteroatoms. The molecule has 1 heterocycles. The summed E-state index contributed by atoms with van der Waals surface area (Å²) in [6.45, 7) is 10.6. The van der Waals surface area contributed by atoms with Crippen molar-refractivity contribution in [3.8, 4) is 11.8 Å². The largest absolute Gasteiger partial charge is 0.309 e. The van der Waals surface area contributed by atoms with Crippen LogP contribution in [-0.2, 0) is 0 Å². The van der Waals surface area contributed by atoms with E-state index < -0.39 is 0 Å². The summed E-state index contributed by atoms with van der Waals surface area (Å²) in [6, 6.07) is 27.8. The fraction of sp³-hybridized carbons (Fsp3) is 0.0606. The fourth-order valence-corrected chi connectivity index (χ4v) is 5.01. The third-order valence-electron chi connectivity index (χ3n) is 6.45. The molecule has 0 unspecified atom stereocenters. The normalized spacial score (nSPS) is 11.7. The van der Waals surface area contributed by atoms with Gasteiger partial charge in [0.25, 0.3) is 0 Å². The smallest absolute Gasteiger partial charge is 0.0663 e. The fourth-order valence-electron chi connectivity index (χ4n) is 5.01. The Hall–Kier alpha value is -4.61. The average Bonchev–Trinajstić information content (AvgIpc) is 3.23. The highest BCUT2D eigenvalue weighted by atomic mass is 15.0. The van der Waals surface area contributed by atoms with Crippen LogP contribution in [0.5, 0.6) is 0 Å². The van der Waals surface area contributed by atoms with Gasteiger partial charge in [-0.1, -0.05) is 92.1 Å². The van der Waals surface area contributed by atoms with E-state index in [0.717, 1.165) is 44.4 Å². The summed E-state index contributed by atoms with van der Waals surface area (Å²) >= 11 is 0. The van der Waals surface area contributed by atoms with E-state index in [9.17, 15) is 0 Å². The Labute approximate surface area is 206 Å². The third kappa shape index (κ3) is 3.68. The molecule has 0 atom stereocenters. The highest BCUT2D eigenvalue weighted by Gasteiger charge is 2.20. The van der Waals surface area contributed by atoms with Crippen molar-refractivity contribution in [1.29, 1.82) is 5.26 Å². The summed E-state index contributed by atoms with van der Waals surface area (Å²) in [5.74, 6) is 0. The van der Waals surface area contributed by atoms with Gasteiger partial charge in [-0.2, -0.15) is 5.26 Å². The lowest BCUT2D eigenvalue weighted by Crippen LogP contribution is -1.94. The molecule has 0 aliphatic carbocycles. The quantitative estimate of drug-likeness (QED) is 0.237.